The van der Waals surface area contributed by atoms with Crippen molar-refractivity contribution in [2.24, 2.45) is 0 Å². The van der Waals surface area contributed by atoms with Crippen LogP contribution in [0.2, 0.25) is 0 Å². The molecule has 0 spiro atoms. The molecule has 3 rings (SSSR count). The lowest BCUT2D eigenvalue weighted by Gasteiger charge is -2.16. The summed E-state index contributed by atoms with van der Waals surface area (Å²) in [5, 5.41) is 2.69. The van der Waals surface area contributed by atoms with Crippen molar-refractivity contribution in [1.82, 2.24) is 15.2 Å². The first kappa shape index (κ1) is 22.9. The smallest absolute Gasteiger partial charge is 0.422 e. The van der Waals surface area contributed by atoms with Crippen LogP contribution in [0.1, 0.15) is 28.8 Å². The first-order valence-corrected chi connectivity index (χ1v) is 10.7. The number of pyridine rings is 1. The van der Waals surface area contributed by atoms with Crippen LogP contribution >= 0.6 is 11.8 Å². The number of hydrogen-bond acceptors (Lipinski definition) is 5. The number of benzene rings is 1. The van der Waals surface area contributed by atoms with E-state index < -0.39 is 18.7 Å². The van der Waals surface area contributed by atoms with Crippen LogP contribution in [0.15, 0.2) is 47.5 Å². The number of nitrogens with one attached hydrogen (secondary N) is 1. The van der Waals surface area contributed by atoms with Gasteiger partial charge in [-0.15, -0.1) is 11.8 Å². The van der Waals surface area contributed by atoms with Crippen molar-refractivity contribution in [3.8, 4) is 5.88 Å². The molecule has 1 aromatic heterocycles. The van der Waals surface area contributed by atoms with Crippen molar-refractivity contribution >= 4 is 23.6 Å². The molecule has 0 bridgehead atoms. The number of alkyl halides is 3. The van der Waals surface area contributed by atoms with E-state index in [1.54, 1.807) is 30.3 Å². The van der Waals surface area contributed by atoms with E-state index in [-0.39, 0.29) is 24.1 Å². The molecule has 1 aliphatic rings. The fourth-order valence-electron chi connectivity index (χ4n) is 3.09. The van der Waals surface area contributed by atoms with Gasteiger partial charge in [-0.3, -0.25) is 9.59 Å². The van der Waals surface area contributed by atoms with Gasteiger partial charge in [-0.1, -0.05) is 18.2 Å². The summed E-state index contributed by atoms with van der Waals surface area (Å²) in [6.07, 6.45) is -1.14. The molecular formula is C21H22F3N3O3S. The number of halogens is 3. The highest BCUT2D eigenvalue weighted by Gasteiger charge is 2.29. The van der Waals surface area contributed by atoms with E-state index >= 15 is 0 Å². The van der Waals surface area contributed by atoms with Gasteiger partial charge in [0.2, 0.25) is 11.8 Å². The number of nitrogens with zero attached hydrogens (tertiary/aromatic N) is 2. The van der Waals surface area contributed by atoms with E-state index in [0.717, 1.165) is 25.9 Å². The molecular weight excluding hydrogens is 431 g/mol. The number of rotatable bonds is 8. The third kappa shape index (κ3) is 6.88. The third-order valence-electron chi connectivity index (χ3n) is 4.60. The molecule has 2 aromatic rings. The van der Waals surface area contributed by atoms with Gasteiger partial charge in [0, 0.05) is 36.3 Å². The molecule has 1 aliphatic heterocycles. The van der Waals surface area contributed by atoms with Crippen molar-refractivity contribution in [3.05, 3.63) is 53.7 Å². The molecule has 0 radical (unpaired) electrons. The second-order valence-corrected chi connectivity index (χ2v) is 7.94. The van der Waals surface area contributed by atoms with E-state index in [1.807, 2.05) is 4.90 Å². The number of thioether (sulfide) groups is 1. The maximum absolute atomic E-state index is 12.7. The highest BCUT2D eigenvalue weighted by Crippen LogP contribution is 2.24. The predicted octanol–water partition coefficient (Wildman–Crippen LogP) is 3.67. The Morgan fingerprint density at radius 3 is 2.61 bits per heavy atom. The molecule has 31 heavy (non-hydrogen) atoms. The topological polar surface area (TPSA) is 71.5 Å². The highest BCUT2D eigenvalue weighted by molar-refractivity contribution is 8.00. The maximum Gasteiger partial charge on any atom is 0.422 e. The zero-order valence-corrected chi connectivity index (χ0v) is 17.5. The Morgan fingerprint density at radius 2 is 1.87 bits per heavy atom. The molecule has 0 unspecified atom stereocenters. The summed E-state index contributed by atoms with van der Waals surface area (Å²) >= 11 is 1.29. The van der Waals surface area contributed by atoms with Crippen molar-refractivity contribution in [2.75, 3.05) is 25.4 Å². The Kier molecular flexibility index (Phi) is 7.78. The molecule has 2 heterocycles. The molecule has 6 nitrogen and oxygen atoms in total. The Bertz CT molecular complexity index is 918. The van der Waals surface area contributed by atoms with Gasteiger partial charge in [-0.05, 0) is 31.0 Å². The standard InChI is InChI=1S/C21H22F3N3O3S/c22-21(23,24)14-30-20-15(6-5-9-25-20)12-26-19(29)16-7-1-2-8-17(16)31-13-18(28)27-10-3-4-11-27/h1-2,5-9H,3-4,10-14H2,(H,26,29). The van der Waals surface area contributed by atoms with Crippen molar-refractivity contribution in [1.29, 1.82) is 0 Å². The van der Waals surface area contributed by atoms with Crippen LogP contribution in [0.4, 0.5) is 13.2 Å². The minimum atomic E-state index is -4.49. The SMILES string of the molecule is O=C(NCc1cccnc1OCC(F)(F)F)c1ccccc1SCC(=O)N1CCCC1. The van der Waals surface area contributed by atoms with Crippen LogP contribution in [0, 0.1) is 0 Å². The Balaban J connectivity index is 1.61. The van der Waals surface area contributed by atoms with Crippen LogP contribution in [0.3, 0.4) is 0 Å². The van der Waals surface area contributed by atoms with Gasteiger partial charge in [-0.25, -0.2) is 4.98 Å². The van der Waals surface area contributed by atoms with Crippen LogP contribution < -0.4 is 10.1 Å². The Morgan fingerprint density at radius 1 is 1.13 bits per heavy atom. The summed E-state index contributed by atoms with van der Waals surface area (Å²) in [6, 6.07) is 9.98. The molecule has 1 N–H and O–H groups in total. The zero-order valence-electron chi connectivity index (χ0n) is 16.7. The van der Waals surface area contributed by atoms with Gasteiger partial charge in [0.25, 0.3) is 5.91 Å². The van der Waals surface area contributed by atoms with Crippen molar-refractivity contribution in [3.63, 3.8) is 0 Å². The highest BCUT2D eigenvalue weighted by atomic mass is 32.2. The van der Waals surface area contributed by atoms with E-state index in [0.29, 0.717) is 16.0 Å². The second-order valence-electron chi connectivity index (χ2n) is 6.93. The normalized spacial score (nSPS) is 13.8. The molecule has 166 valence electrons. The predicted molar refractivity (Wildman–Crippen MR) is 110 cm³/mol. The molecule has 0 saturated carbocycles. The molecule has 10 heteroatoms. The van der Waals surface area contributed by atoms with E-state index in [4.69, 9.17) is 4.74 Å². The first-order chi connectivity index (χ1) is 14.8. The molecule has 1 fully saturated rings. The third-order valence-corrected chi connectivity index (χ3v) is 5.66. The molecule has 0 aliphatic carbocycles. The Labute approximate surface area is 182 Å². The van der Waals surface area contributed by atoms with Crippen molar-refractivity contribution in [2.45, 2.75) is 30.5 Å². The summed E-state index contributed by atoms with van der Waals surface area (Å²) in [4.78, 5) is 31.3. The number of hydrogen-bond donors (Lipinski definition) is 1. The van der Waals surface area contributed by atoms with E-state index in [2.05, 4.69) is 10.3 Å². The lowest BCUT2D eigenvalue weighted by atomic mass is 10.2. The van der Waals surface area contributed by atoms with Gasteiger partial charge >= 0.3 is 6.18 Å². The van der Waals surface area contributed by atoms with E-state index in [1.165, 1.54) is 24.0 Å². The summed E-state index contributed by atoms with van der Waals surface area (Å²) in [7, 11) is 0. The number of likely N-dealkylation sites (tertiary alicyclic amines) is 1. The summed E-state index contributed by atoms with van der Waals surface area (Å²) in [5.41, 5.74) is 0.720. The summed E-state index contributed by atoms with van der Waals surface area (Å²) in [6.45, 7) is 0.0256. The monoisotopic (exact) mass is 453 g/mol. The van der Waals surface area contributed by atoms with Gasteiger partial charge in [0.05, 0.1) is 11.3 Å². The van der Waals surface area contributed by atoms with Gasteiger partial charge < -0.3 is 15.0 Å². The average molecular weight is 453 g/mol. The summed E-state index contributed by atoms with van der Waals surface area (Å²) < 4.78 is 42.0. The quantitative estimate of drug-likeness (QED) is 0.618. The number of carbonyl (C=O) groups excluding carboxylic acids is 2. The molecule has 1 saturated heterocycles. The molecule has 2 amide bonds. The van der Waals surface area contributed by atoms with Crippen LogP contribution in [-0.4, -0.2) is 53.3 Å². The lowest BCUT2D eigenvalue weighted by Crippen LogP contribution is -2.29. The molecule has 0 atom stereocenters. The average Bonchev–Trinajstić information content (AvgIpc) is 3.29. The van der Waals surface area contributed by atoms with Crippen LogP contribution in [-0.2, 0) is 11.3 Å². The molecule has 1 aromatic carbocycles. The van der Waals surface area contributed by atoms with Crippen LogP contribution in [0.5, 0.6) is 5.88 Å². The second kappa shape index (κ2) is 10.5. The zero-order chi connectivity index (χ0) is 22.3. The lowest BCUT2D eigenvalue weighted by molar-refractivity contribution is -0.154. The maximum atomic E-state index is 12.7. The fourth-order valence-corrected chi connectivity index (χ4v) is 4.04. The summed E-state index contributed by atoms with van der Waals surface area (Å²) in [5.74, 6) is -0.302. The van der Waals surface area contributed by atoms with Crippen molar-refractivity contribution < 1.29 is 27.5 Å². The minimum absolute atomic E-state index is 0.0412. The van der Waals surface area contributed by atoms with Gasteiger partial charge in [0.15, 0.2) is 6.61 Å². The van der Waals surface area contributed by atoms with Gasteiger partial charge in [-0.2, -0.15) is 13.2 Å². The first-order valence-electron chi connectivity index (χ1n) is 9.75. The van der Waals surface area contributed by atoms with Gasteiger partial charge in [0.1, 0.15) is 0 Å². The minimum Gasteiger partial charge on any atom is -0.468 e. The Hall–Kier alpha value is -2.75. The largest absolute Gasteiger partial charge is 0.468 e. The number of ether oxygens (including phenoxy) is 1. The fraction of sp³-hybridized carbons (Fsp3) is 0.381. The van der Waals surface area contributed by atoms with E-state index in [9.17, 15) is 22.8 Å². The number of amides is 2. The number of aromatic nitrogens is 1. The number of carbonyl (C=O) groups is 2. The van der Waals surface area contributed by atoms with Crippen LogP contribution in [0.25, 0.3) is 0 Å².